The molecule has 0 saturated heterocycles. The Kier molecular flexibility index (Phi) is 2.56. The van der Waals surface area contributed by atoms with Crippen molar-refractivity contribution in [3.63, 3.8) is 0 Å². The summed E-state index contributed by atoms with van der Waals surface area (Å²) < 4.78 is 8.69. The molecule has 0 atom stereocenters. The second kappa shape index (κ2) is 4.21. The normalized spacial score (nSPS) is 14.8. The number of carbonyl (C=O) groups excluding carboxylic acids is 1. The first kappa shape index (κ1) is 10.3. The van der Waals surface area contributed by atoms with E-state index in [-0.39, 0.29) is 12.5 Å². The average molecular weight is 251 g/mol. The fourth-order valence-electron chi connectivity index (χ4n) is 1.35. The van der Waals surface area contributed by atoms with Crippen LogP contribution in [0.2, 0.25) is 0 Å². The number of nitrogens with one attached hydrogen (secondary N) is 1. The van der Waals surface area contributed by atoms with Gasteiger partial charge >= 0.3 is 0 Å². The third-order valence-electron chi connectivity index (χ3n) is 2.40. The zero-order valence-corrected chi connectivity index (χ0v) is 9.61. The van der Waals surface area contributed by atoms with Crippen LogP contribution in [-0.2, 0) is 6.54 Å². The van der Waals surface area contributed by atoms with Gasteiger partial charge in [-0.25, -0.2) is 0 Å². The van der Waals surface area contributed by atoms with E-state index < -0.39 is 0 Å². The Labute approximate surface area is 100 Å². The maximum atomic E-state index is 11.6. The topological polar surface area (TPSA) is 93.8 Å². The minimum absolute atomic E-state index is 0.224. The number of rotatable bonds is 4. The van der Waals surface area contributed by atoms with Crippen molar-refractivity contribution in [2.24, 2.45) is 0 Å². The minimum atomic E-state index is -0.224. The van der Waals surface area contributed by atoms with Crippen LogP contribution in [0, 0.1) is 0 Å². The molecule has 2 aromatic rings. The number of carbonyl (C=O) groups is 1. The Morgan fingerprint density at radius 3 is 3.18 bits per heavy atom. The van der Waals surface area contributed by atoms with Crippen molar-refractivity contribution in [2.45, 2.75) is 25.3 Å². The maximum Gasteiger partial charge on any atom is 0.265 e. The van der Waals surface area contributed by atoms with E-state index in [9.17, 15) is 4.79 Å². The molecule has 2 heterocycles. The summed E-state index contributed by atoms with van der Waals surface area (Å²) in [5, 5.41) is 10.1. The molecule has 0 bridgehead atoms. The molecule has 88 valence electrons. The largest absolute Gasteiger partial charge is 0.344 e. The third-order valence-corrected chi connectivity index (χ3v) is 3.07. The SMILES string of the molecule is O=C(NCc1noc(C2CC2)n1)c1cnns1. The number of nitrogens with zero attached hydrogens (tertiary/aromatic N) is 4. The molecule has 1 saturated carbocycles. The summed E-state index contributed by atoms with van der Waals surface area (Å²) in [6.45, 7) is 0.257. The van der Waals surface area contributed by atoms with Crippen LogP contribution in [-0.4, -0.2) is 25.6 Å². The van der Waals surface area contributed by atoms with E-state index in [1.54, 1.807) is 0 Å². The summed E-state index contributed by atoms with van der Waals surface area (Å²) in [6, 6.07) is 0. The fraction of sp³-hybridized carbons (Fsp3) is 0.444. The summed E-state index contributed by atoms with van der Waals surface area (Å²) in [4.78, 5) is 16.2. The van der Waals surface area contributed by atoms with Gasteiger partial charge in [0.05, 0.1) is 12.7 Å². The summed E-state index contributed by atoms with van der Waals surface area (Å²) in [5.74, 6) is 1.38. The van der Waals surface area contributed by atoms with E-state index in [0.717, 1.165) is 24.4 Å². The summed E-state index contributed by atoms with van der Waals surface area (Å²) in [5.41, 5.74) is 0. The molecular weight excluding hydrogens is 242 g/mol. The standard InChI is InChI=1S/C9H9N5O2S/c15-8(6-3-11-14-17-6)10-4-7-12-9(16-13-7)5-1-2-5/h3,5H,1-2,4H2,(H,10,15). The van der Waals surface area contributed by atoms with Gasteiger partial charge in [0.15, 0.2) is 5.82 Å². The molecule has 0 aliphatic heterocycles. The lowest BCUT2D eigenvalue weighted by atomic mass is 10.4. The highest BCUT2D eigenvalue weighted by atomic mass is 32.1. The molecule has 0 unspecified atom stereocenters. The molecule has 8 heteroatoms. The predicted octanol–water partition coefficient (Wildman–Crippen LogP) is 0.728. The number of aromatic nitrogens is 4. The molecule has 0 radical (unpaired) electrons. The lowest BCUT2D eigenvalue weighted by Crippen LogP contribution is -2.22. The molecule has 2 aromatic heterocycles. The Morgan fingerprint density at radius 1 is 1.59 bits per heavy atom. The zero-order valence-electron chi connectivity index (χ0n) is 8.79. The van der Waals surface area contributed by atoms with E-state index in [1.807, 2.05) is 0 Å². The molecule has 7 nitrogen and oxygen atoms in total. The second-order valence-corrected chi connectivity index (χ2v) is 4.57. The van der Waals surface area contributed by atoms with Crippen LogP contribution in [0.1, 0.15) is 40.1 Å². The Morgan fingerprint density at radius 2 is 2.47 bits per heavy atom. The third kappa shape index (κ3) is 2.31. The molecule has 1 fully saturated rings. The Bertz CT molecular complexity index is 519. The van der Waals surface area contributed by atoms with E-state index in [4.69, 9.17) is 4.52 Å². The second-order valence-electron chi connectivity index (χ2n) is 3.79. The summed E-state index contributed by atoms with van der Waals surface area (Å²) in [6.07, 6.45) is 3.65. The van der Waals surface area contributed by atoms with Crippen molar-refractivity contribution in [2.75, 3.05) is 0 Å². The van der Waals surface area contributed by atoms with Gasteiger partial charge in [-0.15, -0.1) is 5.10 Å². The van der Waals surface area contributed by atoms with Crippen molar-refractivity contribution < 1.29 is 9.32 Å². The lowest BCUT2D eigenvalue weighted by Gasteiger charge is -1.97. The van der Waals surface area contributed by atoms with Gasteiger partial charge in [0.1, 0.15) is 4.88 Å². The van der Waals surface area contributed by atoms with Crippen LogP contribution in [0.25, 0.3) is 0 Å². The number of hydrogen-bond donors (Lipinski definition) is 1. The van der Waals surface area contributed by atoms with Crippen LogP contribution in [0.15, 0.2) is 10.7 Å². The lowest BCUT2D eigenvalue weighted by molar-refractivity contribution is 0.0953. The fourth-order valence-corrected chi connectivity index (χ4v) is 1.78. The summed E-state index contributed by atoms with van der Waals surface area (Å²) >= 11 is 1.05. The van der Waals surface area contributed by atoms with Crippen molar-refractivity contribution >= 4 is 17.4 Å². The van der Waals surface area contributed by atoms with Crippen LogP contribution in [0.3, 0.4) is 0 Å². The smallest absolute Gasteiger partial charge is 0.265 e. The molecule has 1 amide bonds. The van der Waals surface area contributed by atoms with Gasteiger partial charge < -0.3 is 9.84 Å². The van der Waals surface area contributed by atoms with Gasteiger partial charge in [-0.05, 0) is 24.4 Å². The molecule has 0 spiro atoms. The molecule has 0 aromatic carbocycles. The van der Waals surface area contributed by atoms with Gasteiger partial charge in [0.2, 0.25) is 5.89 Å². The predicted molar refractivity (Wildman–Crippen MR) is 57.4 cm³/mol. The first-order chi connectivity index (χ1) is 8.33. The van der Waals surface area contributed by atoms with E-state index in [0.29, 0.717) is 22.5 Å². The maximum absolute atomic E-state index is 11.6. The quantitative estimate of drug-likeness (QED) is 0.860. The number of amides is 1. The van der Waals surface area contributed by atoms with Gasteiger partial charge in [-0.2, -0.15) is 4.98 Å². The van der Waals surface area contributed by atoms with Crippen LogP contribution in [0.4, 0.5) is 0 Å². The van der Waals surface area contributed by atoms with E-state index in [2.05, 4.69) is 25.0 Å². The van der Waals surface area contributed by atoms with E-state index >= 15 is 0 Å². The van der Waals surface area contributed by atoms with Crippen LogP contribution < -0.4 is 5.32 Å². The molecule has 3 rings (SSSR count). The highest BCUT2D eigenvalue weighted by Crippen LogP contribution is 2.38. The molecule has 1 aliphatic carbocycles. The zero-order chi connectivity index (χ0) is 11.7. The van der Waals surface area contributed by atoms with E-state index in [1.165, 1.54) is 6.20 Å². The first-order valence-electron chi connectivity index (χ1n) is 5.21. The molecular formula is C9H9N5O2S. The van der Waals surface area contributed by atoms with Gasteiger partial charge in [-0.3, -0.25) is 4.79 Å². The Hall–Kier alpha value is -1.83. The van der Waals surface area contributed by atoms with Crippen molar-refractivity contribution in [1.29, 1.82) is 0 Å². The van der Waals surface area contributed by atoms with Crippen LogP contribution >= 0.6 is 11.5 Å². The van der Waals surface area contributed by atoms with Crippen molar-refractivity contribution in [3.8, 4) is 0 Å². The van der Waals surface area contributed by atoms with Crippen molar-refractivity contribution in [1.82, 2.24) is 25.0 Å². The molecule has 1 N–H and O–H groups in total. The molecule has 17 heavy (non-hydrogen) atoms. The minimum Gasteiger partial charge on any atom is -0.344 e. The van der Waals surface area contributed by atoms with Crippen LogP contribution in [0.5, 0.6) is 0 Å². The number of hydrogen-bond acceptors (Lipinski definition) is 7. The molecule has 1 aliphatic rings. The van der Waals surface area contributed by atoms with Crippen molar-refractivity contribution in [3.05, 3.63) is 22.8 Å². The summed E-state index contributed by atoms with van der Waals surface area (Å²) in [7, 11) is 0. The first-order valence-corrected chi connectivity index (χ1v) is 5.98. The van der Waals surface area contributed by atoms with Gasteiger partial charge in [0.25, 0.3) is 5.91 Å². The monoisotopic (exact) mass is 251 g/mol. The highest BCUT2D eigenvalue weighted by Gasteiger charge is 2.29. The Balaban J connectivity index is 1.58. The highest BCUT2D eigenvalue weighted by molar-refractivity contribution is 7.07. The van der Waals surface area contributed by atoms with Gasteiger partial charge in [-0.1, -0.05) is 9.64 Å². The van der Waals surface area contributed by atoms with Gasteiger partial charge in [0, 0.05) is 5.92 Å². The average Bonchev–Trinajstić information content (AvgIpc) is 2.88.